The lowest BCUT2D eigenvalue weighted by Crippen LogP contribution is -2.09. The second-order valence-corrected chi connectivity index (χ2v) is 3.78. The van der Waals surface area contributed by atoms with Crippen molar-refractivity contribution in [3.8, 4) is 0 Å². The molecule has 0 aliphatic heterocycles. The van der Waals surface area contributed by atoms with Crippen LogP contribution in [0, 0.1) is 0 Å². The Hall–Kier alpha value is -2.38. The van der Waals surface area contributed by atoms with Crippen molar-refractivity contribution >= 4 is 23.1 Å². The van der Waals surface area contributed by atoms with Gasteiger partial charge < -0.3 is 5.11 Å². The number of alkyl halides is 3. The molecule has 100 valence electrons. The summed E-state index contributed by atoms with van der Waals surface area (Å²) in [7, 11) is 1.47. The molecule has 1 aromatic carbocycles. The van der Waals surface area contributed by atoms with Gasteiger partial charge in [-0.3, -0.25) is 0 Å². The number of hydrogen-bond donors (Lipinski definition) is 1. The quantitative estimate of drug-likeness (QED) is 0.849. The third-order valence-corrected chi connectivity index (χ3v) is 2.51. The number of benzene rings is 1. The molecule has 2 aromatic rings. The lowest BCUT2D eigenvalue weighted by atomic mass is 10.0. The first-order valence-electron chi connectivity index (χ1n) is 5.11. The predicted octanol–water partition coefficient (Wildman–Crippen LogP) is 2.08. The Morgan fingerprint density at radius 1 is 1.42 bits per heavy atom. The molecular weight excluding hydrogens is 263 g/mol. The zero-order valence-electron chi connectivity index (χ0n) is 9.64. The van der Waals surface area contributed by atoms with Crippen LogP contribution in [0.2, 0.25) is 0 Å². The highest BCUT2D eigenvalue weighted by Crippen LogP contribution is 2.36. The third kappa shape index (κ3) is 2.42. The molecule has 5 nitrogen and oxygen atoms in total. The van der Waals surface area contributed by atoms with Gasteiger partial charge in [0.2, 0.25) is 0 Å². The Kier molecular flexibility index (Phi) is 3.01. The topological polar surface area (TPSA) is 68.0 Å². The first-order valence-corrected chi connectivity index (χ1v) is 5.11. The summed E-state index contributed by atoms with van der Waals surface area (Å²) in [5, 5.41) is 15.5. The molecule has 0 aliphatic rings. The van der Waals surface area contributed by atoms with Gasteiger partial charge in [0.25, 0.3) is 0 Å². The van der Waals surface area contributed by atoms with Crippen LogP contribution in [0.5, 0.6) is 0 Å². The normalized spacial score (nSPS) is 12.4. The molecule has 0 radical (unpaired) electrons. The largest absolute Gasteiger partial charge is 0.478 e. The molecule has 1 heterocycles. The average molecular weight is 271 g/mol. The number of aryl methyl sites for hydroxylation is 1. The number of hydrogen-bond acceptors (Lipinski definition) is 3. The van der Waals surface area contributed by atoms with Crippen molar-refractivity contribution in [2.45, 2.75) is 6.18 Å². The van der Waals surface area contributed by atoms with Crippen LogP contribution < -0.4 is 0 Å². The first kappa shape index (κ1) is 13.1. The molecule has 19 heavy (non-hydrogen) atoms. The molecule has 2 rings (SSSR count). The second kappa shape index (κ2) is 4.38. The summed E-state index contributed by atoms with van der Waals surface area (Å²) in [6.45, 7) is 0. The van der Waals surface area contributed by atoms with E-state index in [1.54, 1.807) is 0 Å². The zero-order valence-corrected chi connectivity index (χ0v) is 9.64. The van der Waals surface area contributed by atoms with Crippen molar-refractivity contribution in [2.24, 2.45) is 7.05 Å². The zero-order chi connectivity index (χ0) is 14.2. The molecule has 0 fully saturated rings. The van der Waals surface area contributed by atoms with Gasteiger partial charge in [-0.2, -0.15) is 13.2 Å². The number of halogens is 3. The fourth-order valence-electron chi connectivity index (χ4n) is 1.72. The van der Waals surface area contributed by atoms with Crippen molar-refractivity contribution in [2.75, 3.05) is 0 Å². The number of carbonyl (C=O) groups is 1. The predicted molar refractivity (Wildman–Crippen MR) is 60.2 cm³/mol. The maximum absolute atomic E-state index is 13.1. The lowest BCUT2D eigenvalue weighted by molar-refractivity contribution is -0.136. The van der Waals surface area contributed by atoms with E-state index in [9.17, 15) is 18.0 Å². The monoisotopic (exact) mass is 271 g/mol. The van der Waals surface area contributed by atoms with E-state index >= 15 is 0 Å². The SMILES string of the molecule is Cn1nnc2c(C(F)(F)F)c(/C=C/C(=O)O)ccc21. The summed E-state index contributed by atoms with van der Waals surface area (Å²) >= 11 is 0. The van der Waals surface area contributed by atoms with Crippen LogP contribution in [0.25, 0.3) is 17.1 Å². The fourth-order valence-corrected chi connectivity index (χ4v) is 1.72. The van der Waals surface area contributed by atoms with Crippen LogP contribution in [0.4, 0.5) is 13.2 Å². The third-order valence-electron chi connectivity index (χ3n) is 2.51. The number of carboxylic acids is 1. The molecule has 0 bridgehead atoms. The van der Waals surface area contributed by atoms with Crippen LogP contribution >= 0.6 is 0 Å². The van der Waals surface area contributed by atoms with Crippen LogP contribution in [0.1, 0.15) is 11.1 Å². The number of fused-ring (bicyclic) bond motifs is 1. The summed E-state index contributed by atoms with van der Waals surface area (Å²) < 4.78 is 40.4. The Balaban J connectivity index is 2.74. The van der Waals surface area contributed by atoms with Gasteiger partial charge in [-0.05, 0) is 17.7 Å². The highest BCUT2D eigenvalue weighted by atomic mass is 19.4. The molecule has 0 atom stereocenters. The average Bonchev–Trinajstić information content (AvgIpc) is 2.66. The number of rotatable bonds is 2. The number of aromatic nitrogens is 3. The highest BCUT2D eigenvalue weighted by Gasteiger charge is 2.36. The molecule has 1 N–H and O–H groups in total. The van der Waals surface area contributed by atoms with Gasteiger partial charge in [-0.25, -0.2) is 9.48 Å². The van der Waals surface area contributed by atoms with E-state index in [1.807, 2.05) is 0 Å². The van der Waals surface area contributed by atoms with E-state index in [4.69, 9.17) is 5.11 Å². The van der Waals surface area contributed by atoms with E-state index in [0.29, 0.717) is 6.08 Å². The molecule has 0 aliphatic carbocycles. The molecule has 0 saturated heterocycles. The standard InChI is InChI=1S/C11H8F3N3O2/c1-17-7-4-2-6(3-5-8(18)19)9(11(12,13)14)10(7)15-16-17/h2-5H,1H3,(H,18,19)/b5-3+. The Morgan fingerprint density at radius 3 is 2.68 bits per heavy atom. The molecule has 0 saturated carbocycles. The first-order chi connectivity index (χ1) is 8.80. The van der Waals surface area contributed by atoms with Crippen molar-refractivity contribution < 1.29 is 23.1 Å². The highest BCUT2D eigenvalue weighted by molar-refractivity contribution is 5.88. The van der Waals surface area contributed by atoms with Gasteiger partial charge in [0, 0.05) is 13.1 Å². The van der Waals surface area contributed by atoms with E-state index < -0.39 is 17.7 Å². The minimum absolute atomic E-state index is 0.222. The van der Waals surface area contributed by atoms with Crippen molar-refractivity contribution in [1.29, 1.82) is 0 Å². The maximum atomic E-state index is 13.1. The van der Waals surface area contributed by atoms with E-state index in [2.05, 4.69) is 10.3 Å². The summed E-state index contributed by atoms with van der Waals surface area (Å²) in [6, 6.07) is 2.60. The van der Waals surface area contributed by atoms with Crippen LogP contribution in [0.15, 0.2) is 18.2 Å². The molecule has 0 spiro atoms. The van der Waals surface area contributed by atoms with Crippen LogP contribution in [-0.4, -0.2) is 26.1 Å². The molecular formula is C11H8F3N3O2. The smallest absolute Gasteiger partial charge is 0.419 e. The van der Waals surface area contributed by atoms with E-state index in [-0.39, 0.29) is 16.6 Å². The van der Waals surface area contributed by atoms with Gasteiger partial charge in [-0.15, -0.1) is 5.10 Å². The molecule has 8 heteroatoms. The summed E-state index contributed by atoms with van der Waals surface area (Å²) in [5.41, 5.74) is -1.33. The van der Waals surface area contributed by atoms with Gasteiger partial charge in [0.05, 0.1) is 11.1 Å². The summed E-state index contributed by atoms with van der Waals surface area (Å²) in [6.07, 6.45) is -3.11. The second-order valence-electron chi connectivity index (χ2n) is 3.78. The summed E-state index contributed by atoms with van der Waals surface area (Å²) in [4.78, 5) is 10.4. The Morgan fingerprint density at radius 2 is 2.11 bits per heavy atom. The van der Waals surface area contributed by atoms with Crippen LogP contribution in [0.3, 0.4) is 0 Å². The van der Waals surface area contributed by atoms with E-state index in [0.717, 1.165) is 6.08 Å². The van der Waals surface area contributed by atoms with Crippen molar-refractivity contribution in [3.05, 3.63) is 29.3 Å². The molecule has 1 aromatic heterocycles. The van der Waals surface area contributed by atoms with Crippen molar-refractivity contribution in [3.63, 3.8) is 0 Å². The lowest BCUT2D eigenvalue weighted by Gasteiger charge is -2.10. The van der Waals surface area contributed by atoms with Crippen molar-refractivity contribution in [1.82, 2.24) is 15.0 Å². The number of aliphatic carboxylic acids is 1. The summed E-state index contributed by atoms with van der Waals surface area (Å²) in [5.74, 6) is -1.33. The molecule has 0 unspecified atom stereocenters. The van der Waals surface area contributed by atoms with Gasteiger partial charge >= 0.3 is 12.1 Å². The minimum atomic E-state index is -4.65. The number of carboxylic acid groups (broad SMARTS) is 1. The molecule has 0 amide bonds. The Bertz CT molecular complexity index is 674. The Labute approximate surface area is 104 Å². The van der Waals surface area contributed by atoms with E-state index in [1.165, 1.54) is 23.9 Å². The van der Waals surface area contributed by atoms with Gasteiger partial charge in [0.15, 0.2) is 0 Å². The fraction of sp³-hybridized carbons (Fsp3) is 0.182. The number of nitrogens with zero attached hydrogens (tertiary/aromatic N) is 3. The van der Waals surface area contributed by atoms with Gasteiger partial charge in [-0.1, -0.05) is 11.3 Å². The maximum Gasteiger partial charge on any atom is 0.419 e. The minimum Gasteiger partial charge on any atom is -0.478 e. The van der Waals surface area contributed by atoms with Crippen LogP contribution in [-0.2, 0) is 18.0 Å². The van der Waals surface area contributed by atoms with Gasteiger partial charge in [0.1, 0.15) is 5.52 Å².